The molecule has 0 N–H and O–H groups in total. The molecule has 0 aliphatic rings. The summed E-state index contributed by atoms with van der Waals surface area (Å²) in [6.07, 6.45) is 0. The van der Waals surface area contributed by atoms with E-state index in [9.17, 15) is 0 Å². The minimum Gasteiger partial charge on any atom is 0 e. The monoisotopic (exact) mass is 439 g/mol. The molecule has 0 aromatic carbocycles. The van der Waals surface area contributed by atoms with Gasteiger partial charge in [0.2, 0.25) is 0 Å². The Hall–Kier alpha value is 3.33. The van der Waals surface area contributed by atoms with E-state index in [1.54, 1.807) is 0 Å². The SMILES string of the molecule is O=[Si]=O.[Ag].[Ag].[Cl][Ag].[Na]. The van der Waals surface area contributed by atoms with Crippen molar-refractivity contribution in [1.29, 1.82) is 0 Å². The van der Waals surface area contributed by atoms with E-state index in [0.717, 1.165) is 0 Å². The van der Waals surface area contributed by atoms with Gasteiger partial charge in [0.25, 0.3) is 0 Å². The molecule has 0 saturated heterocycles. The summed E-state index contributed by atoms with van der Waals surface area (Å²) in [6.45, 7) is 0. The summed E-state index contributed by atoms with van der Waals surface area (Å²) < 4.78 is 16.8. The Morgan fingerprint density at radius 2 is 1.12 bits per heavy atom. The molecule has 2 nitrogen and oxygen atoms in total. The number of rotatable bonds is 0. The van der Waals surface area contributed by atoms with E-state index < -0.39 is 9.29 Å². The van der Waals surface area contributed by atoms with Crippen LogP contribution in [0.25, 0.3) is 0 Å². The maximum Gasteiger partial charge on any atom is 0 e. The molecule has 0 atom stereocenters. The normalized spacial score (nSPS) is 1.88. The Bertz CT molecular complexity index is 38.3. The fourth-order valence-electron chi connectivity index (χ4n) is 0. The molecule has 0 spiro atoms. The molecule has 0 rings (SSSR count). The van der Waals surface area contributed by atoms with E-state index in [1.807, 2.05) is 0 Å². The first kappa shape index (κ1) is 30.2. The maximum atomic E-state index is 8.40. The van der Waals surface area contributed by atoms with Gasteiger partial charge in [-0.2, -0.15) is 0 Å². The van der Waals surface area contributed by atoms with Crippen molar-refractivity contribution in [3.63, 3.8) is 0 Å². The third-order valence-corrected chi connectivity index (χ3v) is 0. The van der Waals surface area contributed by atoms with Gasteiger partial charge < -0.3 is 0 Å². The second-order valence-corrected chi connectivity index (χ2v) is 0.250. The zero-order valence-electron chi connectivity index (χ0n) is 3.60. The van der Waals surface area contributed by atoms with Crippen LogP contribution in [-0.2, 0) is 73.7 Å². The van der Waals surface area contributed by atoms with Crippen molar-refractivity contribution in [3.05, 3.63) is 0 Å². The Morgan fingerprint density at radius 1 is 1.12 bits per heavy atom. The fraction of sp³-hybridized carbons (Fsp3) is 0. The summed E-state index contributed by atoms with van der Waals surface area (Å²) in [5.41, 5.74) is 0. The second kappa shape index (κ2) is 48.0. The molecule has 0 heterocycles. The number of hydrogen-bond donors (Lipinski definition) is 0. The zero-order chi connectivity index (χ0) is 4.71. The van der Waals surface area contributed by atoms with Gasteiger partial charge in [-0.05, 0) is 0 Å². The van der Waals surface area contributed by atoms with Crippen LogP contribution in [0.1, 0.15) is 0 Å². The fourth-order valence-corrected chi connectivity index (χ4v) is 0. The maximum absolute atomic E-state index is 8.40. The van der Waals surface area contributed by atoms with Crippen LogP contribution in [0.15, 0.2) is 0 Å². The minimum absolute atomic E-state index is 0. The van der Waals surface area contributed by atoms with Crippen LogP contribution in [0.4, 0.5) is 0 Å². The molecule has 57 valence electrons. The Balaban J connectivity index is -0.00000000567. The average molecular weight is 442 g/mol. The number of hydrogen-bond acceptors (Lipinski definition) is 2. The van der Waals surface area contributed by atoms with E-state index in [1.165, 1.54) is 0 Å². The molecule has 0 aliphatic heterocycles. The third kappa shape index (κ3) is 58.4. The summed E-state index contributed by atoms with van der Waals surface area (Å²) in [5, 5.41) is 0. The number of halogens is 1. The van der Waals surface area contributed by atoms with Gasteiger partial charge in [0.1, 0.15) is 0 Å². The van der Waals surface area contributed by atoms with Crippen LogP contribution in [0.2, 0.25) is 0 Å². The van der Waals surface area contributed by atoms with Gasteiger partial charge in [0, 0.05) is 74.3 Å². The Labute approximate surface area is 119 Å². The quantitative estimate of drug-likeness (QED) is 0.483. The van der Waals surface area contributed by atoms with Gasteiger partial charge in [-0.15, -0.1) is 0 Å². The first-order valence-corrected chi connectivity index (χ1v) is 3.25. The molecular weight excluding hydrogens is 442 g/mol. The molecular formula is Ag3ClNaO2Si. The molecule has 0 amide bonds. The molecule has 0 aliphatic carbocycles. The van der Waals surface area contributed by atoms with Gasteiger partial charge in [-0.1, -0.05) is 0 Å². The summed E-state index contributed by atoms with van der Waals surface area (Å²) >= 11 is 2.42. The first-order valence-electron chi connectivity index (χ1n) is 0.522. The van der Waals surface area contributed by atoms with Crippen molar-refractivity contribution in [2.24, 2.45) is 0 Å². The summed E-state index contributed by atoms with van der Waals surface area (Å²) in [6, 6.07) is 0. The van der Waals surface area contributed by atoms with E-state index in [4.69, 9.17) is 8.92 Å². The van der Waals surface area contributed by atoms with Crippen molar-refractivity contribution in [2.75, 3.05) is 0 Å². The van der Waals surface area contributed by atoms with E-state index >= 15 is 0 Å². The summed E-state index contributed by atoms with van der Waals surface area (Å²) in [7, 11) is 3.03. The molecule has 8 heavy (non-hydrogen) atoms. The Kier molecular flexibility index (Phi) is 181. The molecule has 0 aromatic heterocycles. The summed E-state index contributed by atoms with van der Waals surface area (Å²) in [5.74, 6) is 0. The second-order valence-electron chi connectivity index (χ2n) is 0.0833. The van der Waals surface area contributed by atoms with E-state index in [2.05, 4.69) is 29.2 Å². The topological polar surface area (TPSA) is 34.1 Å². The van der Waals surface area contributed by atoms with E-state index in [0.29, 0.717) is 0 Å². The van der Waals surface area contributed by atoms with Gasteiger partial charge in [0.15, 0.2) is 0 Å². The Morgan fingerprint density at radius 3 is 1.12 bits per heavy atom. The molecule has 0 bridgehead atoms. The van der Waals surface area contributed by atoms with Crippen LogP contribution >= 0.6 is 9.19 Å². The average Bonchev–Trinajstić information content (AvgIpc) is 1.46. The van der Waals surface area contributed by atoms with Crippen LogP contribution in [0, 0.1) is 0 Å². The predicted molar refractivity (Wildman–Crippen MR) is 18.7 cm³/mol. The molecule has 0 saturated carbocycles. The summed E-state index contributed by atoms with van der Waals surface area (Å²) in [4.78, 5) is 0. The van der Waals surface area contributed by atoms with Crippen molar-refractivity contribution in [1.82, 2.24) is 0 Å². The first-order chi connectivity index (χ1) is 2.41. The van der Waals surface area contributed by atoms with Crippen molar-refractivity contribution in [3.8, 4) is 0 Å². The van der Waals surface area contributed by atoms with Crippen molar-refractivity contribution >= 4 is 48.0 Å². The predicted octanol–water partition coefficient (Wildman–Crippen LogP) is -0.317. The molecule has 8 heteroatoms. The molecule has 0 aromatic rings. The van der Waals surface area contributed by atoms with Crippen molar-refractivity contribution < 1.29 is 73.7 Å². The van der Waals surface area contributed by atoms with Crippen molar-refractivity contribution in [2.45, 2.75) is 0 Å². The van der Waals surface area contributed by atoms with E-state index in [-0.39, 0.29) is 74.3 Å². The molecule has 3 radical (unpaired) electrons. The van der Waals surface area contributed by atoms with Crippen LogP contribution < -0.4 is 0 Å². The smallest absolute Gasteiger partial charge is 0 e. The van der Waals surface area contributed by atoms with Crippen LogP contribution in [0.5, 0.6) is 0 Å². The van der Waals surface area contributed by atoms with Gasteiger partial charge in [-0.25, -0.2) is 0 Å². The van der Waals surface area contributed by atoms with Gasteiger partial charge in [0.05, 0.1) is 0 Å². The third-order valence-electron chi connectivity index (χ3n) is 0. The van der Waals surface area contributed by atoms with Crippen LogP contribution in [-0.4, -0.2) is 38.8 Å². The minimum atomic E-state index is -1.42. The molecule has 0 unspecified atom stereocenters. The standard InChI is InChI=1S/3Ag.ClH.Na.O2Si/c;;;;;1-3-2/h;;;1H;;/q;;+1;;;/p-1. The molecule has 0 fully saturated rings. The largest absolute Gasteiger partial charge is 0 e. The van der Waals surface area contributed by atoms with Gasteiger partial charge >= 0.3 is 38.5 Å². The van der Waals surface area contributed by atoms with Crippen LogP contribution in [0.3, 0.4) is 0 Å². The zero-order valence-corrected chi connectivity index (χ0v) is 11.8. The van der Waals surface area contributed by atoms with Gasteiger partial charge in [-0.3, -0.25) is 8.92 Å².